The molecule has 1 amide bonds. The van der Waals surface area contributed by atoms with Gasteiger partial charge in [0, 0.05) is 37.2 Å². The number of pyridine rings is 1. The van der Waals surface area contributed by atoms with Gasteiger partial charge in [-0.1, -0.05) is 40.9 Å². The minimum atomic E-state index is -0.186. The minimum absolute atomic E-state index is 0.0191. The smallest absolute Gasteiger partial charge is 0.213 e. The third kappa shape index (κ3) is 4.71. The molecule has 1 saturated heterocycles. The number of halogens is 3. The van der Waals surface area contributed by atoms with Gasteiger partial charge in [-0.05, 0) is 37.0 Å². The number of rotatable bonds is 5. The summed E-state index contributed by atoms with van der Waals surface area (Å²) in [6.45, 7) is 3.08. The topological polar surface area (TPSA) is 42.4 Å². The standard InChI is InChI=1S/C19H18BCl3N2O2/c1-11(27-18-5-3-13(21)8-24-18)14-9-25(19(26)7-20)10-15(14)12-2-4-16(22)17(23)6-12/h2-6,8,11,14-15H,7,9-10H2,1H3/t11-,14+,15+/m1/s1. The molecule has 2 radical (unpaired) electrons. The van der Waals surface area contributed by atoms with E-state index in [4.69, 9.17) is 47.4 Å². The number of aromatic nitrogens is 1. The summed E-state index contributed by atoms with van der Waals surface area (Å²) in [5.74, 6) is 0.510. The van der Waals surface area contributed by atoms with E-state index in [1.54, 1.807) is 29.3 Å². The van der Waals surface area contributed by atoms with E-state index in [0.29, 0.717) is 34.0 Å². The second-order valence-corrected chi connectivity index (χ2v) is 7.84. The maximum atomic E-state index is 12.2. The van der Waals surface area contributed by atoms with Gasteiger partial charge in [-0.3, -0.25) is 4.79 Å². The summed E-state index contributed by atoms with van der Waals surface area (Å²) < 4.78 is 6.02. The van der Waals surface area contributed by atoms with Crippen molar-refractivity contribution in [3.8, 4) is 5.88 Å². The van der Waals surface area contributed by atoms with Crippen LogP contribution < -0.4 is 4.74 Å². The van der Waals surface area contributed by atoms with Crippen molar-refractivity contribution in [1.29, 1.82) is 0 Å². The average molecular weight is 424 g/mol. The van der Waals surface area contributed by atoms with Gasteiger partial charge >= 0.3 is 0 Å². The van der Waals surface area contributed by atoms with Gasteiger partial charge < -0.3 is 9.64 Å². The van der Waals surface area contributed by atoms with Crippen molar-refractivity contribution in [3.05, 3.63) is 57.2 Å². The first-order valence-corrected chi connectivity index (χ1v) is 9.73. The van der Waals surface area contributed by atoms with Crippen molar-refractivity contribution in [1.82, 2.24) is 9.88 Å². The fraction of sp³-hybridized carbons (Fsp3) is 0.368. The molecule has 1 aliphatic heterocycles. The number of carbonyl (C=O) groups excluding carboxylic acids is 1. The van der Waals surface area contributed by atoms with Crippen molar-refractivity contribution in [2.75, 3.05) is 13.1 Å². The average Bonchev–Trinajstić information content (AvgIpc) is 3.11. The molecule has 8 heteroatoms. The summed E-state index contributed by atoms with van der Waals surface area (Å²) in [5, 5.41) is 1.54. The lowest BCUT2D eigenvalue weighted by Crippen LogP contribution is -2.32. The van der Waals surface area contributed by atoms with Crippen LogP contribution in [0, 0.1) is 5.92 Å². The molecule has 3 rings (SSSR count). The molecule has 0 aliphatic carbocycles. The second kappa shape index (κ2) is 8.72. The monoisotopic (exact) mass is 422 g/mol. The summed E-state index contributed by atoms with van der Waals surface area (Å²) in [7, 11) is 5.56. The van der Waals surface area contributed by atoms with Crippen LogP contribution in [0.15, 0.2) is 36.5 Å². The molecule has 1 fully saturated rings. The first-order chi connectivity index (χ1) is 12.9. The second-order valence-electron chi connectivity index (χ2n) is 6.58. The zero-order valence-corrected chi connectivity index (χ0v) is 17.0. The maximum absolute atomic E-state index is 12.2. The van der Waals surface area contributed by atoms with Gasteiger partial charge in [-0.2, -0.15) is 0 Å². The van der Waals surface area contributed by atoms with E-state index in [2.05, 4.69) is 4.98 Å². The van der Waals surface area contributed by atoms with E-state index < -0.39 is 0 Å². The fourth-order valence-electron chi connectivity index (χ4n) is 3.44. The highest BCUT2D eigenvalue weighted by molar-refractivity contribution is 6.42. The highest BCUT2D eigenvalue weighted by atomic mass is 35.5. The van der Waals surface area contributed by atoms with Crippen LogP contribution >= 0.6 is 34.8 Å². The molecule has 140 valence electrons. The number of amides is 1. The molecular weight excluding hydrogens is 405 g/mol. The molecule has 0 unspecified atom stereocenters. The van der Waals surface area contributed by atoms with Crippen LogP contribution in [0.2, 0.25) is 21.4 Å². The van der Waals surface area contributed by atoms with Crippen LogP contribution in [0.5, 0.6) is 5.88 Å². The van der Waals surface area contributed by atoms with Crippen LogP contribution in [0.1, 0.15) is 18.4 Å². The molecule has 0 N–H and O–H groups in total. The zero-order chi connectivity index (χ0) is 19.6. The van der Waals surface area contributed by atoms with E-state index in [0.717, 1.165) is 5.56 Å². The normalized spacial score (nSPS) is 20.5. The van der Waals surface area contributed by atoms with E-state index in [-0.39, 0.29) is 30.2 Å². The zero-order valence-electron chi connectivity index (χ0n) is 14.7. The molecule has 1 aromatic heterocycles. The van der Waals surface area contributed by atoms with E-state index in [9.17, 15) is 4.79 Å². The number of carbonyl (C=O) groups is 1. The van der Waals surface area contributed by atoms with Crippen LogP contribution in [0.25, 0.3) is 0 Å². The Morgan fingerprint density at radius 2 is 2.04 bits per heavy atom. The number of nitrogens with zero attached hydrogens (tertiary/aromatic N) is 2. The molecule has 0 saturated carbocycles. The lowest BCUT2D eigenvalue weighted by Gasteiger charge is -2.25. The van der Waals surface area contributed by atoms with Gasteiger partial charge in [-0.15, -0.1) is 0 Å². The van der Waals surface area contributed by atoms with E-state index in [1.807, 2.05) is 19.1 Å². The van der Waals surface area contributed by atoms with Crippen molar-refractivity contribution in [2.45, 2.75) is 25.3 Å². The quantitative estimate of drug-likeness (QED) is 0.658. The Labute approximate surface area is 175 Å². The molecule has 27 heavy (non-hydrogen) atoms. The first-order valence-electron chi connectivity index (χ1n) is 8.60. The number of hydrogen-bond donors (Lipinski definition) is 0. The van der Waals surface area contributed by atoms with Gasteiger partial charge in [-0.25, -0.2) is 4.98 Å². The van der Waals surface area contributed by atoms with Crippen LogP contribution in [0.3, 0.4) is 0 Å². The predicted octanol–water partition coefficient (Wildman–Crippen LogP) is 4.64. The molecule has 0 bridgehead atoms. The number of benzene rings is 1. The Morgan fingerprint density at radius 3 is 2.67 bits per heavy atom. The van der Waals surface area contributed by atoms with Gasteiger partial charge in [0.25, 0.3) is 0 Å². The third-order valence-corrected chi connectivity index (χ3v) is 5.84. The summed E-state index contributed by atoms with van der Waals surface area (Å²) in [4.78, 5) is 18.1. The predicted molar refractivity (Wildman–Crippen MR) is 109 cm³/mol. The SMILES string of the molecule is [B]CC(=O)N1C[C@@H]([C@@H](C)Oc2ccc(Cl)cn2)[C@H](c2ccc(Cl)c(Cl)c2)C1. The third-order valence-electron chi connectivity index (χ3n) is 4.87. The van der Waals surface area contributed by atoms with Gasteiger partial charge in [0.2, 0.25) is 11.8 Å². The summed E-state index contributed by atoms with van der Waals surface area (Å²) in [6.07, 6.45) is 1.34. The molecule has 1 aliphatic rings. The van der Waals surface area contributed by atoms with Crippen LogP contribution in [-0.2, 0) is 4.79 Å². The maximum Gasteiger partial charge on any atom is 0.213 e. The molecule has 0 spiro atoms. The molecule has 4 nitrogen and oxygen atoms in total. The molecule has 3 atom stereocenters. The van der Waals surface area contributed by atoms with Gasteiger partial charge in [0.15, 0.2) is 0 Å². The number of ether oxygens (including phenoxy) is 1. The number of hydrogen-bond acceptors (Lipinski definition) is 3. The largest absolute Gasteiger partial charge is 0.474 e. The number of likely N-dealkylation sites (tertiary alicyclic amines) is 1. The van der Waals surface area contributed by atoms with Crippen molar-refractivity contribution in [2.24, 2.45) is 5.92 Å². The summed E-state index contributed by atoms with van der Waals surface area (Å²) in [6, 6.07) is 9.02. The minimum Gasteiger partial charge on any atom is -0.474 e. The van der Waals surface area contributed by atoms with Crippen molar-refractivity contribution in [3.63, 3.8) is 0 Å². The fourth-order valence-corrected chi connectivity index (χ4v) is 3.86. The highest BCUT2D eigenvalue weighted by Gasteiger charge is 2.39. The Kier molecular flexibility index (Phi) is 6.56. The Hall–Kier alpha value is -1.43. The van der Waals surface area contributed by atoms with Gasteiger partial charge in [0.1, 0.15) is 6.10 Å². The van der Waals surface area contributed by atoms with Gasteiger partial charge in [0.05, 0.1) is 22.9 Å². The molecular formula is C19H18BCl3N2O2. The highest BCUT2D eigenvalue weighted by Crippen LogP contribution is 2.38. The molecule has 1 aromatic carbocycles. The van der Waals surface area contributed by atoms with Crippen molar-refractivity contribution < 1.29 is 9.53 Å². The molecule has 2 heterocycles. The Morgan fingerprint density at radius 1 is 1.26 bits per heavy atom. The van der Waals surface area contributed by atoms with E-state index in [1.165, 1.54) is 0 Å². The Bertz CT molecular complexity index is 819. The van der Waals surface area contributed by atoms with Crippen molar-refractivity contribution >= 4 is 48.6 Å². The van der Waals surface area contributed by atoms with E-state index >= 15 is 0 Å². The summed E-state index contributed by atoms with van der Waals surface area (Å²) >= 11 is 18.1. The lowest BCUT2D eigenvalue weighted by atomic mass is 9.86. The molecule has 2 aromatic rings. The first kappa shape index (κ1) is 20.3. The lowest BCUT2D eigenvalue weighted by molar-refractivity contribution is -0.127. The summed E-state index contributed by atoms with van der Waals surface area (Å²) in [5.41, 5.74) is 1.02. The van der Waals surface area contributed by atoms with Crippen LogP contribution in [-0.4, -0.2) is 42.8 Å². The van der Waals surface area contributed by atoms with Crippen LogP contribution in [0.4, 0.5) is 0 Å². The Balaban J connectivity index is 1.84.